The zero-order chi connectivity index (χ0) is 14.1. The summed E-state index contributed by atoms with van der Waals surface area (Å²) in [5.41, 5.74) is 0.611. The average Bonchev–Trinajstić information content (AvgIpc) is 2.13. The molecule has 0 fully saturated rings. The van der Waals surface area contributed by atoms with Crippen molar-refractivity contribution in [2.45, 2.75) is 11.8 Å². The molecule has 1 aromatic rings. The number of benzene rings is 1. The van der Waals surface area contributed by atoms with Crippen LogP contribution in [0.2, 0.25) is 0 Å². The molecular weight excluding hydrogens is 328 g/mol. The Kier molecular flexibility index (Phi) is 4.63. The Balaban J connectivity index is 3.33. The van der Waals surface area contributed by atoms with Crippen LogP contribution in [-0.2, 0) is 10.0 Å². The minimum absolute atomic E-state index is 0.0611. The van der Waals surface area contributed by atoms with Gasteiger partial charge in [0.2, 0.25) is 10.0 Å². The van der Waals surface area contributed by atoms with Gasteiger partial charge in [-0.1, -0.05) is 12.2 Å². The smallest absolute Gasteiger partial charge is 0.207 e. The van der Waals surface area contributed by atoms with Gasteiger partial charge in [-0.25, -0.2) is 17.2 Å². The second-order valence-electron chi connectivity index (χ2n) is 3.92. The standard InChI is InChI=1S/C11H12BrF2NO2S/c1-7(2)6-15(3)18(16,17)11-9(12)4-8(13)5-10(11)14/h4-5H,1,6H2,2-3H3. The van der Waals surface area contributed by atoms with Gasteiger partial charge < -0.3 is 0 Å². The number of halogens is 3. The van der Waals surface area contributed by atoms with E-state index in [1.807, 2.05) is 0 Å². The minimum Gasteiger partial charge on any atom is -0.207 e. The number of likely N-dealkylation sites (N-methyl/N-ethyl adjacent to an activating group) is 1. The average molecular weight is 340 g/mol. The molecule has 0 radical (unpaired) electrons. The topological polar surface area (TPSA) is 37.4 Å². The number of sulfonamides is 1. The first-order valence-electron chi connectivity index (χ1n) is 4.91. The van der Waals surface area contributed by atoms with Gasteiger partial charge in [0.05, 0.1) is 0 Å². The van der Waals surface area contributed by atoms with Crippen molar-refractivity contribution < 1.29 is 17.2 Å². The third-order valence-corrected chi connectivity index (χ3v) is 4.89. The molecule has 0 saturated heterocycles. The van der Waals surface area contributed by atoms with Gasteiger partial charge in [0.1, 0.15) is 16.5 Å². The summed E-state index contributed by atoms with van der Waals surface area (Å²) in [6.45, 7) is 5.31. The second kappa shape index (κ2) is 5.46. The first kappa shape index (κ1) is 15.3. The van der Waals surface area contributed by atoms with Crippen LogP contribution < -0.4 is 0 Å². The molecule has 0 N–H and O–H groups in total. The minimum atomic E-state index is -4.03. The van der Waals surface area contributed by atoms with Crippen LogP contribution in [0.25, 0.3) is 0 Å². The summed E-state index contributed by atoms with van der Waals surface area (Å²) in [5, 5.41) is 0. The van der Waals surface area contributed by atoms with Crippen molar-refractivity contribution in [2.75, 3.05) is 13.6 Å². The Bertz CT molecular complexity index is 564. The maximum atomic E-state index is 13.6. The quantitative estimate of drug-likeness (QED) is 0.791. The Labute approximate surface area is 113 Å². The molecule has 1 aromatic carbocycles. The zero-order valence-electron chi connectivity index (χ0n) is 9.87. The van der Waals surface area contributed by atoms with Gasteiger partial charge in [-0.15, -0.1) is 0 Å². The maximum absolute atomic E-state index is 13.6. The van der Waals surface area contributed by atoms with E-state index < -0.39 is 26.6 Å². The summed E-state index contributed by atoms with van der Waals surface area (Å²) in [4.78, 5) is -0.576. The lowest BCUT2D eigenvalue weighted by Gasteiger charge is -2.18. The fourth-order valence-corrected chi connectivity index (χ4v) is 3.73. The number of nitrogens with zero attached hydrogens (tertiary/aromatic N) is 1. The molecule has 100 valence electrons. The summed E-state index contributed by atoms with van der Waals surface area (Å²) in [7, 11) is -2.72. The van der Waals surface area contributed by atoms with Crippen LogP contribution in [0.5, 0.6) is 0 Å². The Hall–Kier alpha value is -0.790. The van der Waals surface area contributed by atoms with Crippen LogP contribution in [0.4, 0.5) is 8.78 Å². The van der Waals surface area contributed by atoms with Crippen LogP contribution in [0, 0.1) is 11.6 Å². The van der Waals surface area contributed by atoms with Crippen molar-refractivity contribution in [3.63, 3.8) is 0 Å². The first-order chi connectivity index (χ1) is 8.16. The summed E-state index contributed by atoms with van der Waals surface area (Å²) in [6.07, 6.45) is 0. The van der Waals surface area contributed by atoms with Crippen LogP contribution >= 0.6 is 15.9 Å². The van der Waals surface area contributed by atoms with E-state index in [0.29, 0.717) is 11.6 Å². The molecule has 1 rings (SSSR count). The van der Waals surface area contributed by atoms with Gasteiger partial charge in [0, 0.05) is 24.1 Å². The predicted molar refractivity (Wildman–Crippen MR) is 68.7 cm³/mol. The van der Waals surface area contributed by atoms with E-state index in [4.69, 9.17) is 0 Å². The second-order valence-corrected chi connectivity index (χ2v) is 6.75. The lowest BCUT2D eigenvalue weighted by molar-refractivity contribution is 0.480. The highest BCUT2D eigenvalue weighted by Crippen LogP contribution is 2.28. The van der Waals surface area contributed by atoms with E-state index in [9.17, 15) is 17.2 Å². The molecule has 0 saturated carbocycles. The third kappa shape index (κ3) is 3.15. The van der Waals surface area contributed by atoms with E-state index in [1.54, 1.807) is 6.92 Å². The number of rotatable bonds is 4. The van der Waals surface area contributed by atoms with Crippen molar-refractivity contribution in [1.29, 1.82) is 0 Å². The van der Waals surface area contributed by atoms with Crippen molar-refractivity contribution in [2.24, 2.45) is 0 Å². The van der Waals surface area contributed by atoms with Gasteiger partial charge in [-0.2, -0.15) is 4.31 Å². The maximum Gasteiger partial charge on any atom is 0.247 e. The highest BCUT2D eigenvalue weighted by atomic mass is 79.9. The highest BCUT2D eigenvalue weighted by Gasteiger charge is 2.27. The van der Waals surface area contributed by atoms with E-state index in [2.05, 4.69) is 22.5 Å². The molecule has 18 heavy (non-hydrogen) atoms. The zero-order valence-corrected chi connectivity index (χ0v) is 12.3. The molecule has 0 aliphatic carbocycles. The van der Waals surface area contributed by atoms with Crippen molar-refractivity contribution >= 4 is 26.0 Å². The summed E-state index contributed by atoms with van der Waals surface area (Å²) >= 11 is 2.86. The molecule has 0 spiro atoms. The Morgan fingerprint density at radius 3 is 2.44 bits per heavy atom. The molecule has 7 heteroatoms. The largest absolute Gasteiger partial charge is 0.247 e. The fourth-order valence-electron chi connectivity index (χ4n) is 1.40. The Morgan fingerprint density at radius 1 is 1.44 bits per heavy atom. The van der Waals surface area contributed by atoms with E-state index >= 15 is 0 Å². The van der Waals surface area contributed by atoms with Gasteiger partial charge in [0.25, 0.3) is 0 Å². The lowest BCUT2D eigenvalue weighted by Crippen LogP contribution is -2.29. The van der Waals surface area contributed by atoms with Crippen molar-refractivity contribution in [3.8, 4) is 0 Å². The van der Waals surface area contributed by atoms with Crippen LogP contribution in [0.1, 0.15) is 6.92 Å². The van der Waals surface area contributed by atoms with Crippen LogP contribution in [0.3, 0.4) is 0 Å². The third-order valence-electron chi connectivity index (χ3n) is 2.12. The van der Waals surface area contributed by atoms with Gasteiger partial charge in [-0.3, -0.25) is 0 Å². The van der Waals surface area contributed by atoms with Crippen molar-refractivity contribution in [3.05, 3.63) is 40.4 Å². The molecule has 3 nitrogen and oxygen atoms in total. The molecule has 0 aliphatic heterocycles. The molecule has 0 atom stereocenters. The predicted octanol–water partition coefficient (Wildman–Crippen LogP) is 2.92. The normalized spacial score (nSPS) is 11.9. The monoisotopic (exact) mass is 339 g/mol. The molecule has 0 amide bonds. The van der Waals surface area contributed by atoms with Crippen LogP contribution in [-0.4, -0.2) is 26.3 Å². The SMILES string of the molecule is C=C(C)CN(C)S(=O)(=O)c1c(F)cc(F)cc1Br. The Morgan fingerprint density at radius 2 is 2.00 bits per heavy atom. The number of hydrogen-bond donors (Lipinski definition) is 0. The van der Waals surface area contributed by atoms with Gasteiger partial charge in [0.15, 0.2) is 0 Å². The summed E-state index contributed by atoms with van der Waals surface area (Å²) in [5.74, 6) is -1.98. The molecular formula is C11H12BrF2NO2S. The molecule has 0 unspecified atom stereocenters. The van der Waals surface area contributed by atoms with Crippen LogP contribution in [0.15, 0.2) is 33.7 Å². The molecule has 0 aromatic heterocycles. The first-order valence-corrected chi connectivity index (χ1v) is 7.15. The molecule has 0 bridgehead atoms. The van der Waals surface area contributed by atoms with E-state index in [-0.39, 0.29) is 11.0 Å². The van der Waals surface area contributed by atoms with Gasteiger partial charge in [-0.05, 0) is 28.9 Å². The number of hydrogen-bond acceptors (Lipinski definition) is 2. The van der Waals surface area contributed by atoms with E-state index in [0.717, 1.165) is 10.4 Å². The van der Waals surface area contributed by atoms with Crippen molar-refractivity contribution in [1.82, 2.24) is 4.31 Å². The summed E-state index contributed by atoms with van der Waals surface area (Å²) < 4.78 is 51.6. The summed E-state index contributed by atoms with van der Waals surface area (Å²) in [6, 6.07) is 1.44. The lowest BCUT2D eigenvalue weighted by atomic mass is 10.3. The van der Waals surface area contributed by atoms with Gasteiger partial charge >= 0.3 is 0 Å². The highest BCUT2D eigenvalue weighted by molar-refractivity contribution is 9.10. The van der Waals surface area contributed by atoms with E-state index in [1.165, 1.54) is 7.05 Å². The fraction of sp³-hybridized carbons (Fsp3) is 0.273. The molecule has 0 aliphatic rings. The molecule has 0 heterocycles.